The van der Waals surface area contributed by atoms with Crippen LogP contribution in [0, 0.1) is 0 Å². The minimum Gasteiger partial charge on any atom is -0.385 e. The number of piperidine rings is 1. The number of nitrogens with two attached hydrogens (primary N) is 1. The third-order valence-electron chi connectivity index (χ3n) is 4.82. The number of likely N-dealkylation sites (tertiary alicyclic amines) is 1. The number of methoxy groups -OCH3 is 1. The molecule has 3 N–H and O–H groups in total. The fourth-order valence-corrected chi connectivity index (χ4v) is 3.78. The number of ether oxygens (including phenoxy) is 1. The van der Waals surface area contributed by atoms with Gasteiger partial charge in [-0.2, -0.15) is 0 Å². The van der Waals surface area contributed by atoms with Crippen LogP contribution in [-0.4, -0.2) is 42.3 Å². The van der Waals surface area contributed by atoms with E-state index in [0.29, 0.717) is 24.6 Å². The van der Waals surface area contributed by atoms with Gasteiger partial charge in [0.25, 0.3) is 0 Å². The highest BCUT2D eigenvalue weighted by Gasteiger charge is 2.43. The van der Waals surface area contributed by atoms with Gasteiger partial charge < -0.3 is 20.5 Å². The summed E-state index contributed by atoms with van der Waals surface area (Å²) in [7, 11) is 1.67. The van der Waals surface area contributed by atoms with Gasteiger partial charge in [0.2, 0.25) is 0 Å². The lowest BCUT2D eigenvalue weighted by atomic mass is 9.77. The fourth-order valence-electron chi connectivity index (χ4n) is 3.59. The second-order valence-corrected chi connectivity index (χ2v) is 6.86. The van der Waals surface area contributed by atoms with Crippen molar-refractivity contribution in [3.05, 3.63) is 34.9 Å². The summed E-state index contributed by atoms with van der Waals surface area (Å²) in [5.74, 6) is 0. The molecule has 1 fully saturated rings. The Labute approximate surface area is 148 Å². The molecule has 0 aliphatic carbocycles. The van der Waals surface area contributed by atoms with Crippen molar-refractivity contribution < 1.29 is 14.6 Å². The number of aliphatic hydroxyl groups is 1. The van der Waals surface area contributed by atoms with Crippen molar-refractivity contribution in [2.24, 2.45) is 5.73 Å². The van der Waals surface area contributed by atoms with E-state index >= 15 is 0 Å². The van der Waals surface area contributed by atoms with Gasteiger partial charge in [-0.3, -0.25) is 0 Å². The maximum atomic E-state index is 11.9. The summed E-state index contributed by atoms with van der Waals surface area (Å²) in [6.45, 7) is 1.23. The van der Waals surface area contributed by atoms with E-state index in [1.165, 1.54) is 0 Å². The number of hydrogen-bond donors (Lipinski definition) is 2. The molecule has 1 aliphatic heterocycles. The molecule has 2 rings (SSSR count). The van der Waals surface area contributed by atoms with Gasteiger partial charge in [0.1, 0.15) is 5.60 Å². The summed E-state index contributed by atoms with van der Waals surface area (Å²) >= 11 is 6.14. The van der Waals surface area contributed by atoms with E-state index in [-0.39, 0.29) is 6.04 Å². The lowest BCUT2D eigenvalue weighted by Gasteiger charge is -2.45. The largest absolute Gasteiger partial charge is 0.385 e. The van der Waals surface area contributed by atoms with Crippen LogP contribution in [0.4, 0.5) is 4.79 Å². The van der Waals surface area contributed by atoms with Crippen LogP contribution < -0.4 is 5.73 Å². The highest BCUT2D eigenvalue weighted by Crippen LogP contribution is 2.38. The number of halogens is 1. The minimum absolute atomic E-state index is 0.329. The third kappa shape index (κ3) is 4.41. The Morgan fingerprint density at radius 3 is 2.92 bits per heavy atom. The Morgan fingerprint density at radius 1 is 1.46 bits per heavy atom. The smallest absolute Gasteiger partial charge is 0.315 e. The average molecular weight is 355 g/mol. The Kier molecular flexibility index (Phi) is 6.90. The predicted octanol–water partition coefficient (Wildman–Crippen LogP) is 3.28. The molecule has 0 saturated carbocycles. The molecule has 1 aliphatic rings. The van der Waals surface area contributed by atoms with Crippen molar-refractivity contribution in [3.8, 4) is 0 Å². The number of rotatable bonds is 7. The van der Waals surface area contributed by atoms with Crippen molar-refractivity contribution in [3.63, 3.8) is 0 Å². The second-order valence-electron chi connectivity index (χ2n) is 6.43. The number of hydrogen-bond acceptors (Lipinski definition) is 3. The fraction of sp³-hybridized carbons (Fsp3) is 0.611. The molecule has 1 unspecified atom stereocenters. The SMILES string of the molecule is COCCCC[C@](O)(c1cccc(Cl)c1)C1CCCCN1C(N)=O. The van der Waals surface area contributed by atoms with Gasteiger partial charge >= 0.3 is 6.03 Å². The molecule has 2 atom stereocenters. The molecule has 24 heavy (non-hydrogen) atoms. The molecule has 2 amide bonds. The third-order valence-corrected chi connectivity index (χ3v) is 5.05. The van der Waals surface area contributed by atoms with Crippen LogP contribution in [0.5, 0.6) is 0 Å². The van der Waals surface area contributed by atoms with E-state index in [2.05, 4.69) is 0 Å². The van der Waals surface area contributed by atoms with Crippen LogP contribution >= 0.6 is 11.6 Å². The number of primary amides is 1. The number of amides is 2. The van der Waals surface area contributed by atoms with Crippen molar-refractivity contribution in [2.45, 2.75) is 50.2 Å². The van der Waals surface area contributed by atoms with Crippen molar-refractivity contribution >= 4 is 17.6 Å². The summed E-state index contributed by atoms with van der Waals surface area (Å²) < 4.78 is 5.10. The number of unbranched alkanes of at least 4 members (excludes halogenated alkanes) is 1. The average Bonchev–Trinajstić information content (AvgIpc) is 2.58. The lowest BCUT2D eigenvalue weighted by Crippen LogP contribution is -2.56. The number of urea groups is 1. The summed E-state index contributed by atoms with van der Waals surface area (Å²) in [6.07, 6.45) is 4.79. The molecule has 1 aromatic carbocycles. The number of nitrogens with zero attached hydrogens (tertiary/aromatic N) is 1. The summed E-state index contributed by atoms with van der Waals surface area (Å²) in [6, 6.07) is 6.46. The zero-order chi connectivity index (χ0) is 17.6. The van der Waals surface area contributed by atoms with E-state index in [4.69, 9.17) is 22.1 Å². The number of carbonyl (C=O) groups excluding carboxylic acids is 1. The number of benzene rings is 1. The molecule has 5 nitrogen and oxygen atoms in total. The van der Waals surface area contributed by atoms with E-state index < -0.39 is 11.6 Å². The van der Waals surface area contributed by atoms with Gasteiger partial charge in [-0.05, 0) is 56.2 Å². The second kappa shape index (κ2) is 8.70. The van der Waals surface area contributed by atoms with Crippen molar-refractivity contribution in [1.29, 1.82) is 0 Å². The normalized spacial score (nSPS) is 20.6. The first kappa shape index (κ1) is 19.0. The predicted molar refractivity (Wildman–Crippen MR) is 95.0 cm³/mol. The molecule has 0 aromatic heterocycles. The molecule has 134 valence electrons. The van der Waals surface area contributed by atoms with Crippen LogP contribution in [0.2, 0.25) is 5.02 Å². The zero-order valence-electron chi connectivity index (χ0n) is 14.2. The van der Waals surface area contributed by atoms with Crippen LogP contribution in [0.15, 0.2) is 24.3 Å². The molecule has 6 heteroatoms. The van der Waals surface area contributed by atoms with Gasteiger partial charge in [-0.25, -0.2) is 4.79 Å². The van der Waals surface area contributed by atoms with Crippen molar-refractivity contribution in [1.82, 2.24) is 4.90 Å². The van der Waals surface area contributed by atoms with Gasteiger partial charge in [-0.15, -0.1) is 0 Å². The van der Waals surface area contributed by atoms with Crippen LogP contribution in [-0.2, 0) is 10.3 Å². The Hall–Kier alpha value is -1.30. The summed E-state index contributed by atoms with van der Waals surface area (Å²) in [5.41, 5.74) is 5.15. The summed E-state index contributed by atoms with van der Waals surface area (Å²) in [4.78, 5) is 13.5. The molecule has 0 radical (unpaired) electrons. The van der Waals surface area contributed by atoms with Crippen LogP contribution in [0.1, 0.15) is 44.1 Å². The Bertz CT molecular complexity index is 555. The van der Waals surface area contributed by atoms with Crippen molar-refractivity contribution in [2.75, 3.05) is 20.3 Å². The van der Waals surface area contributed by atoms with E-state index in [9.17, 15) is 9.90 Å². The molecule has 1 saturated heterocycles. The molecule has 1 aromatic rings. The van der Waals surface area contributed by atoms with Gasteiger partial charge in [0.05, 0.1) is 6.04 Å². The highest BCUT2D eigenvalue weighted by molar-refractivity contribution is 6.30. The number of carbonyl (C=O) groups is 1. The van der Waals surface area contributed by atoms with Gasteiger partial charge in [0.15, 0.2) is 0 Å². The molecule has 0 bridgehead atoms. The van der Waals surface area contributed by atoms with Crippen LogP contribution in [0.25, 0.3) is 0 Å². The first-order valence-electron chi connectivity index (χ1n) is 8.52. The van der Waals surface area contributed by atoms with E-state index in [1.54, 1.807) is 24.1 Å². The first-order valence-corrected chi connectivity index (χ1v) is 8.90. The zero-order valence-corrected chi connectivity index (χ0v) is 15.0. The van der Waals surface area contributed by atoms with E-state index in [1.807, 2.05) is 12.1 Å². The molecule has 1 heterocycles. The van der Waals surface area contributed by atoms with E-state index in [0.717, 1.165) is 37.7 Å². The first-order chi connectivity index (χ1) is 11.5. The highest BCUT2D eigenvalue weighted by atomic mass is 35.5. The topological polar surface area (TPSA) is 75.8 Å². The minimum atomic E-state index is -1.16. The maximum Gasteiger partial charge on any atom is 0.315 e. The van der Waals surface area contributed by atoms with Gasteiger partial charge in [0, 0.05) is 25.3 Å². The molecule has 0 spiro atoms. The Morgan fingerprint density at radius 2 is 2.25 bits per heavy atom. The quantitative estimate of drug-likeness (QED) is 0.738. The standard InChI is InChI=1S/C18H27ClN2O3/c1-24-12-5-3-10-18(23,14-7-6-8-15(19)13-14)16-9-2-4-11-21(16)17(20)22/h6-8,13,16,23H,2-5,9-12H2,1H3,(H2,20,22)/t16?,18-/m0/s1. The lowest BCUT2D eigenvalue weighted by molar-refractivity contribution is -0.0603. The molecular formula is C18H27ClN2O3. The van der Waals surface area contributed by atoms with Crippen LogP contribution in [0.3, 0.4) is 0 Å². The molecular weight excluding hydrogens is 328 g/mol. The Balaban J connectivity index is 2.31. The van der Waals surface area contributed by atoms with Gasteiger partial charge in [-0.1, -0.05) is 23.7 Å². The maximum absolute atomic E-state index is 11.9. The summed E-state index contributed by atoms with van der Waals surface area (Å²) in [5, 5.41) is 12.2. The monoisotopic (exact) mass is 354 g/mol.